The fourth-order valence-electron chi connectivity index (χ4n) is 3.23. The number of hydrogen-bond donors (Lipinski definition) is 0. The summed E-state index contributed by atoms with van der Waals surface area (Å²) >= 11 is 7.87. The first kappa shape index (κ1) is 19.9. The van der Waals surface area contributed by atoms with Crippen molar-refractivity contribution in [2.75, 3.05) is 38.8 Å². The van der Waals surface area contributed by atoms with Crippen molar-refractivity contribution in [2.45, 2.75) is 11.7 Å². The van der Waals surface area contributed by atoms with E-state index in [-0.39, 0.29) is 6.17 Å². The van der Waals surface area contributed by atoms with E-state index in [1.54, 1.807) is 17.5 Å². The van der Waals surface area contributed by atoms with Crippen LogP contribution < -0.4 is 4.90 Å². The zero-order valence-electron chi connectivity index (χ0n) is 15.9. The molecule has 4 heterocycles. The molecule has 2 unspecified atom stereocenters. The zero-order chi connectivity index (χ0) is 20.4. The lowest BCUT2D eigenvalue weighted by atomic mass is 10.2. The maximum absolute atomic E-state index is 11.7. The summed E-state index contributed by atoms with van der Waals surface area (Å²) in [6.07, 6.45) is 6.08. The first-order valence-electron chi connectivity index (χ1n) is 8.89. The zero-order valence-corrected chi connectivity index (χ0v) is 17.4. The number of alkyl halides is 1. The van der Waals surface area contributed by atoms with Crippen LogP contribution in [-0.2, 0) is 9.47 Å². The van der Waals surface area contributed by atoms with E-state index < -0.39 is 11.5 Å². The summed E-state index contributed by atoms with van der Waals surface area (Å²) in [7, 11) is 3.23. The smallest absolute Gasteiger partial charge is 0.341 e. The van der Waals surface area contributed by atoms with Crippen molar-refractivity contribution < 1.29 is 14.3 Å². The Hall–Kier alpha value is -2.40. The Bertz CT molecular complexity index is 968. The van der Waals surface area contributed by atoms with Gasteiger partial charge in [0.1, 0.15) is 18.1 Å². The molecule has 9 nitrogen and oxygen atoms in total. The highest BCUT2D eigenvalue weighted by atomic mass is 35.5. The number of hydrogen-bond acceptors (Lipinski definition) is 10. The number of esters is 1. The molecule has 4 rings (SSSR count). The molecule has 152 valence electrons. The van der Waals surface area contributed by atoms with Crippen molar-refractivity contribution in [1.29, 1.82) is 0 Å². The van der Waals surface area contributed by atoms with Crippen molar-refractivity contribution in [2.24, 2.45) is 0 Å². The van der Waals surface area contributed by atoms with Gasteiger partial charge >= 0.3 is 5.97 Å². The third-order valence-electron chi connectivity index (χ3n) is 4.61. The molecule has 1 saturated heterocycles. The number of nitrogens with zero attached hydrogens (tertiary/aromatic N) is 6. The minimum absolute atomic E-state index is 0.177. The first-order chi connectivity index (χ1) is 14.1. The van der Waals surface area contributed by atoms with Crippen molar-refractivity contribution in [3.8, 4) is 0 Å². The molecule has 0 N–H and O–H groups in total. The summed E-state index contributed by atoms with van der Waals surface area (Å²) in [4.78, 5) is 34.1. The summed E-state index contributed by atoms with van der Waals surface area (Å²) in [6, 6.07) is 2.05. The van der Waals surface area contributed by atoms with E-state index in [9.17, 15) is 4.79 Å². The molecule has 11 heteroatoms. The second kappa shape index (κ2) is 8.54. The van der Waals surface area contributed by atoms with Crippen LogP contribution in [0.4, 0.5) is 5.95 Å². The number of rotatable bonds is 5. The second-order valence-electron chi connectivity index (χ2n) is 6.44. The summed E-state index contributed by atoms with van der Waals surface area (Å²) in [5.41, 5.74) is 0.790. The fourth-order valence-corrected chi connectivity index (χ4v) is 4.67. The first-order valence-corrected chi connectivity index (χ1v) is 10.1. The van der Waals surface area contributed by atoms with Crippen molar-refractivity contribution in [3.63, 3.8) is 0 Å². The van der Waals surface area contributed by atoms with E-state index in [2.05, 4.69) is 24.8 Å². The van der Waals surface area contributed by atoms with Gasteiger partial charge in [-0.3, -0.25) is 4.90 Å². The molecule has 0 radical (unpaired) electrons. The van der Waals surface area contributed by atoms with E-state index in [0.29, 0.717) is 31.2 Å². The van der Waals surface area contributed by atoms with Gasteiger partial charge in [-0.05, 0) is 6.07 Å². The number of ether oxygens (including phenoxy) is 2. The minimum atomic E-state index is -0.475. The van der Waals surface area contributed by atoms with Crippen molar-refractivity contribution in [1.82, 2.24) is 24.8 Å². The molecule has 1 aliphatic rings. The molecule has 3 aromatic heterocycles. The Morgan fingerprint density at radius 3 is 2.86 bits per heavy atom. The Morgan fingerprint density at radius 1 is 1.38 bits per heavy atom. The van der Waals surface area contributed by atoms with Crippen LogP contribution in [0, 0.1) is 0 Å². The summed E-state index contributed by atoms with van der Waals surface area (Å²) in [6.45, 7) is 1.79. The second-order valence-corrected chi connectivity index (χ2v) is 8.05. The standard InChI is InChI=1S/C18H19ClN6O3S/c1-24(18-21-6-11(7-22-18)17(26)27-2)16(25-3-4-28-15(19)9-25)13-5-12-14(29-13)8-20-10-23-12/h5-8,10,15-16H,3-4,9H2,1-2H3. The fraction of sp³-hybridized carbons (Fsp3) is 0.389. The van der Waals surface area contributed by atoms with Gasteiger partial charge in [0.05, 0.1) is 29.5 Å². The molecule has 0 amide bonds. The monoisotopic (exact) mass is 434 g/mol. The average molecular weight is 435 g/mol. The number of carbonyl (C=O) groups excluding carboxylic acids is 1. The quantitative estimate of drug-likeness (QED) is 0.442. The van der Waals surface area contributed by atoms with E-state index in [0.717, 1.165) is 15.1 Å². The lowest BCUT2D eigenvalue weighted by Crippen LogP contribution is -2.47. The van der Waals surface area contributed by atoms with Gasteiger partial charge in [-0.1, -0.05) is 11.6 Å². The topological polar surface area (TPSA) is 93.6 Å². The van der Waals surface area contributed by atoms with Gasteiger partial charge in [-0.25, -0.2) is 24.7 Å². The van der Waals surface area contributed by atoms with Gasteiger partial charge in [0.15, 0.2) is 0 Å². The molecule has 29 heavy (non-hydrogen) atoms. The van der Waals surface area contributed by atoms with Gasteiger partial charge in [-0.2, -0.15) is 0 Å². The van der Waals surface area contributed by atoms with E-state index in [1.807, 2.05) is 18.0 Å². The molecular formula is C18H19ClN6O3S. The number of carbonyl (C=O) groups is 1. The van der Waals surface area contributed by atoms with Crippen LogP contribution in [0.25, 0.3) is 10.2 Å². The molecule has 2 atom stereocenters. The van der Waals surface area contributed by atoms with E-state index in [4.69, 9.17) is 21.1 Å². The summed E-state index contributed by atoms with van der Waals surface area (Å²) in [5.74, 6) is 0.000743. The number of methoxy groups -OCH3 is 1. The highest BCUT2D eigenvalue weighted by Crippen LogP contribution is 2.35. The molecule has 0 bridgehead atoms. The third-order valence-corrected chi connectivity index (χ3v) is 5.97. The Labute approximate surface area is 176 Å². The molecule has 0 saturated carbocycles. The van der Waals surface area contributed by atoms with Crippen LogP contribution in [-0.4, -0.2) is 70.2 Å². The van der Waals surface area contributed by atoms with Gasteiger partial charge in [-0.15, -0.1) is 11.3 Å². The summed E-state index contributed by atoms with van der Waals surface area (Å²) < 4.78 is 11.2. The number of morpholine rings is 1. The average Bonchev–Trinajstić information content (AvgIpc) is 3.17. The Kier molecular flexibility index (Phi) is 5.86. The van der Waals surface area contributed by atoms with Gasteiger partial charge in [0.25, 0.3) is 0 Å². The van der Waals surface area contributed by atoms with Gasteiger partial charge < -0.3 is 14.4 Å². The third kappa shape index (κ3) is 4.15. The lowest BCUT2D eigenvalue weighted by Gasteiger charge is -2.40. The Balaban J connectivity index is 1.70. The molecule has 0 aromatic carbocycles. The van der Waals surface area contributed by atoms with E-state index in [1.165, 1.54) is 25.8 Å². The van der Waals surface area contributed by atoms with Crippen LogP contribution in [0.5, 0.6) is 0 Å². The molecule has 1 fully saturated rings. The predicted molar refractivity (Wildman–Crippen MR) is 109 cm³/mol. The van der Waals surface area contributed by atoms with Gasteiger partial charge in [0.2, 0.25) is 5.95 Å². The minimum Gasteiger partial charge on any atom is -0.465 e. The van der Waals surface area contributed by atoms with Crippen LogP contribution in [0.1, 0.15) is 21.4 Å². The molecule has 3 aromatic rings. The maximum atomic E-state index is 11.7. The SMILES string of the molecule is COC(=O)c1cnc(N(C)C(c2cc3ncncc3s2)N2CCOC(Cl)C2)nc1. The number of thiophene rings is 1. The predicted octanol–water partition coefficient (Wildman–Crippen LogP) is 2.30. The highest BCUT2D eigenvalue weighted by Gasteiger charge is 2.32. The molecule has 0 spiro atoms. The maximum Gasteiger partial charge on any atom is 0.341 e. The number of anilines is 1. The lowest BCUT2D eigenvalue weighted by molar-refractivity contribution is -0.00467. The van der Waals surface area contributed by atoms with Crippen LogP contribution in [0.3, 0.4) is 0 Å². The summed E-state index contributed by atoms with van der Waals surface area (Å²) in [5, 5.41) is 0. The number of aromatic nitrogens is 4. The normalized spacial score (nSPS) is 18.5. The van der Waals surface area contributed by atoms with Crippen molar-refractivity contribution in [3.05, 3.63) is 41.4 Å². The van der Waals surface area contributed by atoms with E-state index >= 15 is 0 Å². The highest BCUT2D eigenvalue weighted by molar-refractivity contribution is 7.19. The molecule has 1 aliphatic heterocycles. The largest absolute Gasteiger partial charge is 0.465 e. The van der Waals surface area contributed by atoms with Crippen LogP contribution in [0.2, 0.25) is 0 Å². The Morgan fingerprint density at radius 2 is 2.17 bits per heavy atom. The van der Waals surface area contributed by atoms with Crippen molar-refractivity contribution >= 4 is 45.1 Å². The van der Waals surface area contributed by atoms with Crippen LogP contribution in [0.15, 0.2) is 31.0 Å². The molecule has 0 aliphatic carbocycles. The number of halogens is 1. The van der Waals surface area contributed by atoms with Crippen LogP contribution >= 0.6 is 22.9 Å². The molecular weight excluding hydrogens is 416 g/mol. The van der Waals surface area contributed by atoms with Gasteiger partial charge in [0, 0.05) is 43.6 Å². The number of fused-ring (bicyclic) bond motifs is 1.